The lowest BCUT2D eigenvalue weighted by molar-refractivity contribution is 0.0490. The molecule has 3 aromatic rings. The predicted octanol–water partition coefficient (Wildman–Crippen LogP) is 12.1. The lowest BCUT2D eigenvalue weighted by Crippen LogP contribution is -2.14. The Morgan fingerprint density at radius 2 is 0.811 bits per heavy atom. The minimum atomic E-state index is -0.662. The molecule has 0 saturated heterocycles. The van der Waals surface area contributed by atoms with Crippen LogP contribution in [0.4, 0.5) is 0 Å². The second-order valence-electron chi connectivity index (χ2n) is 13.6. The van der Waals surface area contributed by atoms with Crippen molar-refractivity contribution in [2.45, 2.75) is 136 Å². The van der Waals surface area contributed by atoms with Crippen LogP contribution in [0.5, 0.6) is 23.0 Å². The first-order chi connectivity index (χ1) is 25.9. The maximum Gasteiger partial charge on any atom is 0.343 e. The molecule has 0 aliphatic carbocycles. The van der Waals surface area contributed by atoms with Gasteiger partial charge in [-0.25, -0.2) is 14.4 Å². The van der Waals surface area contributed by atoms with E-state index in [9.17, 15) is 14.4 Å². The van der Waals surface area contributed by atoms with Crippen LogP contribution in [0.25, 0.3) is 0 Å². The van der Waals surface area contributed by atoms with Crippen molar-refractivity contribution in [2.24, 2.45) is 0 Å². The van der Waals surface area contributed by atoms with E-state index in [0.29, 0.717) is 35.8 Å². The van der Waals surface area contributed by atoms with Crippen LogP contribution in [0, 0.1) is 0 Å². The number of hydrogen-bond donors (Lipinski definition) is 0. The number of hydrogen-bond acceptors (Lipinski definition) is 8. The summed E-state index contributed by atoms with van der Waals surface area (Å²) in [6, 6.07) is 17.8. The molecule has 0 bridgehead atoms. The molecule has 53 heavy (non-hydrogen) atoms. The van der Waals surface area contributed by atoms with Crippen molar-refractivity contribution >= 4 is 17.9 Å². The van der Waals surface area contributed by atoms with E-state index < -0.39 is 17.9 Å². The largest absolute Gasteiger partial charge is 0.494 e. The van der Waals surface area contributed by atoms with Crippen molar-refractivity contribution in [1.29, 1.82) is 0 Å². The standard InChI is InChI=1S/C45H62O8/c1-4-7-10-13-16-19-32-49-38-26-22-36(23-27-38)43(46)52-40-30-31-42(41(35-40)45(48)51-34-21-18-15-12-9-6-3)53-44(47)37-24-28-39(29-25-37)50-33-20-17-14-11-8-5-2/h22-31,35H,4-21,32-34H2,1-3H3. The molecule has 0 aliphatic heterocycles. The van der Waals surface area contributed by atoms with E-state index in [1.165, 1.54) is 76.0 Å². The lowest BCUT2D eigenvalue weighted by Gasteiger charge is -2.13. The molecule has 0 N–H and O–H groups in total. The summed E-state index contributed by atoms with van der Waals surface area (Å²) in [7, 11) is 0. The summed E-state index contributed by atoms with van der Waals surface area (Å²) in [6.45, 7) is 8.06. The molecule has 3 aromatic carbocycles. The van der Waals surface area contributed by atoms with Crippen LogP contribution in [-0.4, -0.2) is 37.7 Å². The second kappa shape index (κ2) is 26.4. The Labute approximate surface area is 317 Å². The van der Waals surface area contributed by atoms with E-state index in [4.69, 9.17) is 23.7 Å². The van der Waals surface area contributed by atoms with Crippen molar-refractivity contribution < 1.29 is 38.1 Å². The third kappa shape index (κ3) is 17.4. The van der Waals surface area contributed by atoms with Gasteiger partial charge in [0.05, 0.1) is 30.9 Å². The number of carbonyl (C=O) groups excluding carboxylic acids is 3. The Kier molecular flexibility index (Phi) is 21.5. The molecule has 0 aliphatic rings. The highest BCUT2D eigenvalue weighted by molar-refractivity contribution is 5.97. The van der Waals surface area contributed by atoms with Crippen LogP contribution in [0.3, 0.4) is 0 Å². The Morgan fingerprint density at radius 1 is 0.415 bits per heavy atom. The van der Waals surface area contributed by atoms with Gasteiger partial charge >= 0.3 is 17.9 Å². The van der Waals surface area contributed by atoms with Crippen LogP contribution in [0.15, 0.2) is 66.7 Å². The molecule has 0 saturated carbocycles. The van der Waals surface area contributed by atoms with Crippen LogP contribution in [0.1, 0.15) is 167 Å². The quantitative estimate of drug-likeness (QED) is 0.0414. The SMILES string of the molecule is CCCCCCCCOC(=O)c1cc(OC(=O)c2ccc(OCCCCCCCC)cc2)ccc1OC(=O)c1ccc(OCCCCCCCC)cc1. The number of unbranched alkanes of at least 4 members (excludes halogenated alkanes) is 15. The van der Waals surface area contributed by atoms with Crippen LogP contribution in [0.2, 0.25) is 0 Å². The van der Waals surface area contributed by atoms with Crippen LogP contribution >= 0.6 is 0 Å². The Bertz CT molecular complexity index is 1460. The highest BCUT2D eigenvalue weighted by Gasteiger charge is 2.21. The molecule has 0 amide bonds. The van der Waals surface area contributed by atoms with E-state index in [2.05, 4.69) is 20.8 Å². The molecular formula is C45H62O8. The first-order valence-corrected chi connectivity index (χ1v) is 20.2. The molecule has 8 heteroatoms. The normalized spacial score (nSPS) is 10.8. The molecule has 0 radical (unpaired) electrons. The van der Waals surface area contributed by atoms with Crippen molar-refractivity contribution in [3.05, 3.63) is 83.4 Å². The lowest BCUT2D eigenvalue weighted by atomic mass is 10.1. The molecule has 290 valence electrons. The van der Waals surface area contributed by atoms with Gasteiger partial charge in [0.15, 0.2) is 0 Å². The van der Waals surface area contributed by atoms with Gasteiger partial charge in [-0.1, -0.05) is 117 Å². The summed E-state index contributed by atoms with van der Waals surface area (Å²) in [5.74, 6) is -0.398. The van der Waals surface area contributed by atoms with Gasteiger partial charge in [0, 0.05) is 0 Å². The maximum absolute atomic E-state index is 13.3. The molecule has 0 fully saturated rings. The minimum absolute atomic E-state index is 0.00744. The zero-order valence-electron chi connectivity index (χ0n) is 32.5. The Balaban J connectivity index is 1.61. The minimum Gasteiger partial charge on any atom is -0.494 e. The maximum atomic E-state index is 13.3. The average Bonchev–Trinajstić information content (AvgIpc) is 3.17. The van der Waals surface area contributed by atoms with Gasteiger partial charge in [-0.2, -0.15) is 0 Å². The van der Waals surface area contributed by atoms with Gasteiger partial charge in [0.1, 0.15) is 28.6 Å². The fourth-order valence-corrected chi connectivity index (χ4v) is 5.79. The highest BCUT2D eigenvalue weighted by atomic mass is 16.6. The first kappa shape index (κ1) is 43.1. The van der Waals surface area contributed by atoms with Gasteiger partial charge in [0.2, 0.25) is 0 Å². The third-order valence-electron chi connectivity index (χ3n) is 9.03. The Morgan fingerprint density at radius 3 is 1.28 bits per heavy atom. The molecule has 0 heterocycles. The number of esters is 3. The summed E-state index contributed by atoms with van der Waals surface area (Å²) < 4.78 is 28.6. The van der Waals surface area contributed by atoms with E-state index in [1.807, 2.05) is 0 Å². The molecule has 3 rings (SSSR count). The highest BCUT2D eigenvalue weighted by Crippen LogP contribution is 2.28. The fraction of sp³-hybridized carbons (Fsp3) is 0.533. The predicted molar refractivity (Wildman–Crippen MR) is 211 cm³/mol. The zero-order valence-corrected chi connectivity index (χ0v) is 32.5. The van der Waals surface area contributed by atoms with E-state index in [-0.39, 0.29) is 23.7 Å². The van der Waals surface area contributed by atoms with Gasteiger partial charge in [0.25, 0.3) is 0 Å². The third-order valence-corrected chi connectivity index (χ3v) is 9.03. The van der Waals surface area contributed by atoms with Gasteiger partial charge in [-0.15, -0.1) is 0 Å². The summed E-state index contributed by atoms with van der Waals surface area (Å²) in [4.78, 5) is 39.5. The van der Waals surface area contributed by atoms with E-state index >= 15 is 0 Å². The molecular weight excluding hydrogens is 668 g/mol. The van der Waals surface area contributed by atoms with Crippen molar-refractivity contribution in [1.82, 2.24) is 0 Å². The van der Waals surface area contributed by atoms with Crippen molar-refractivity contribution in [3.63, 3.8) is 0 Å². The fourth-order valence-electron chi connectivity index (χ4n) is 5.79. The summed E-state index contributed by atoms with van der Waals surface area (Å²) in [5.41, 5.74) is 0.629. The number of ether oxygens (including phenoxy) is 5. The second-order valence-corrected chi connectivity index (χ2v) is 13.6. The smallest absolute Gasteiger partial charge is 0.343 e. The van der Waals surface area contributed by atoms with Gasteiger partial charge in [-0.05, 0) is 86.0 Å². The van der Waals surface area contributed by atoms with Crippen molar-refractivity contribution in [2.75, 3.05) is 19.8 Å². The molecule has 0 atom stereocenters. The number of benzene rings is 3. The van der Waals surface area contributed by atoms with E-state index in [1.54, 1.807) is 48.5 Å². The molecule has 0 spiro atoms. The van der Waals surface area contributed by atoms with Crippen LogP contribution in [-0.2, 0) is 4.74 Å². The number of carbonyl (C=O) groups is 3. The zero-order chi connectivity index (χ0) is 37.9. The first-order valence-electron chi connectivity index (χ1n) is 20.2. The molecule has 0 unspecified atom stereocenters. The monoisotopic (exact) mass is 730 g/mol. The molecule has 0 aromatic heterocycles. The van der Waals surface area contributed by atoms with Gasteiger partial charge < -0.3 is 23.7 Å². The average molecular weight is 731 g/mol. The Hall–Kier alpha value is -4.33. The van der Waals surface area contributed by atoms with Gasteiger partial charge in [-0.3, -0.25) is 0 Å². The number of rotatable bonds is 28. The topological polar surface area (TPSA) is 97.4 Å². The summed E-state index contributed by atoms with van der Waals surface area (Å²) in [6.07, 6.45) is 20.4. The van der Waals surface area contributed by atoms with Crippen LogP contribution < -0.4 is 18.9 Å². The molecule has 8 nitrogen and oxygen atoms in total. The van der Waals surface area contributed by atoms with E-state index in [0.717, 1.165) is 57.8 Å². The summed E-state index contributed by atoms with van der Waals surface area (Å²) >= 11 is 0. The van der Waals surface area contributed by atoms with Crippen molar-refractivity contribution in [3.8, 4) is 23.0 Å². The summed E-state index contributed by atoms with van der Waals surface area (Å²) in [5, 5.41) is 0.